The number of benzene rings is 1. The molecule has 132 valence electrons. The Morgan fingerprint density at radius 2 is 2.04 bits per heavy atom. The van der Waals surface area contributed by atoms with E-state index in [-0.39, 0.29) is 47.2 Å². The van der Waals surface area contributed by atoms with E-state index in [1.807, 2.05) is 0 Å². The van der Waals surface area contributed by atoms with Crippen molar-refractivity contribution in [2.24, 2.45) is 5.41 Å². The monoisotopic (exact) mass is 374 g/mol. The molecule has 7 heteroatoms. The molecule has 0 aliphatic heterocycles. The summed E-state index contributed by atoms with van der Waals surface area (Å²) in [6.45, 7) is 2.26. The number of aliphatic hydroxyl groups excluding tert-OH is 1. The smallest absolute Gasteiger partial charge is 0.691 e. The first-order valence-corrected chi connectivity index (χ1v) is 9.40. The summed E-state index contributed by atoms with van der Waals surface area (Å²) in [4.78, 5) is 0. The molecule has 0 amide bonds. The third-order valence-electron chi connectivity index (χ3n) is 6.53. The molecule has 2 unspecified atom stereocenters. The maximum Gasteiger partial charge on any atom is 1.00 e. The van der Waals surface area contributed by atoms with Gasteiger partial charge in [0.25, 0.3) is 0 Å². The van der Waals surface area contributed by atoms with Crippen molar-refractivity contribution in [1.82, 2.24) is 0 Å². The van der Waals surface area contributed by atoms with Crippen molar-refractivity contribution < 1.29 is 53.5 Å². The van der Waals surface area contributed by atoms with Gasteiger partial charge in [-0.15, -0.1) is 4.33 Å². The normalized spacial score (nSPS) is 33.2. The van der Waals surface area contributed by atoms with Gasteiger partial charge in [0.05, 0.1) is 12.2 Å². The van der Waals surface area contributed by atoms with Gasteiger partial charge in [-0.1, -0.05) is 19.1 Å². The zero-order chi connectivity index (χ0) is 16.7. The predicted molar refractivity (Wildman–Crippen MR) is 87.5 cm³/mol. The van der Waals surface area contributed by atoms with Gasteiger partial charge in [-0.25, -0.2) is 0 Å². The van der Waals surface area contributed by atoms with Crippen LogP contribution in [-0.4, -0.2) is 17.3 Å². The molecule has 5 nitrogen and oxygen atoms in total. The average molecular weight is 374 g/mol. The molecular weight excluding hydrogens is 351 g/mol. The summed E-state index contributed by atoms with van der Waals surface area (Å²) in [7, 11) is 0. The second-order valence-electron chi connectivity index (χ2n) is 7.59. The van der Waals surface area contributed by atoms with Crippen LogP contribution in [0.5, 0.6) is 0 Å². The van der Waals surface area contributed by atoms with Gasteiger partial charge < -0.3 is 10.4 Å². The van der Waals surface area contributed by atoms with E-state index in [9.17, 15) is 10.4 Å². The zero-order valence-corrected chi connectivity index (χ0v) is 17.6. The molecule has 0 radical (unpaired) electrons. The Balaban J connectivity index is 0.00000182. The fraction of sp³-hybridized carbons (Fsp3) is 0.667. The van der Waals surface area contributed by atoms with Crippen molar-refractivity contribution in [2.45, 2.75) is 70.0 Å². The number of aliphatic hydroxyl groups is 1. The molecule has 1 fully saturated rings. The summed E-state index contributed by atoms with van der Waals surface area (Å²) in [5.74, 6) is 0.494. The Kier molecular flexibility index (Phi) is 6.57. The van der Waals surface area contributed by atoms with E-state index in [4.69, 9.17) is 4.18 Å². The van der Waals surface area contributed by atoms with Gasteiger partial charge in [0.1, 0.15) is 0 Å². The molecule has 0 aromatic heterocycles. The summed E-state index contributed by atoms with van der Waals surface area (Å²) in [6, 6.07) is 4.51. The Morgan fingerprint density at radius 3 is 2.84 bits per heavy atom. The standard InChI is InChI=1S/C18H24O5S.Na/c1-18-9-8-14-13-5-3-12(21-24-23-22-20)10-11(13)2-4-15(14)16(18)6-7-17(18)19;/h2,4,12,16-17,19-20H,3,5-10H2,1H3;/q;+1/p-1/t12-,16?,17+,18?;/m0./s1. The second kappa shape index (κ2) is 8.17. The molecule has 4 atom stereocenters. The van der Waals surface area contributed by atoms with E-state index >= 15 is 0 Å². The molecule has 1 N–H and O–H groups in total. The van der Waals surface area contributed by atoms with Crippen molar-refractivity contribution in [3.8, 4) is 0 Å². The minimum atomic E-state index is -0.162. The molecule has 4 rings (SSSR count). The van der Waals surface area contributed by atoms with Crippen molar-refractivity contribution in [3.05, 3.63) is 34.4 Å². The van der Waals surface area contributed by atoms with Gasteiger partial charge in [-0.05, 0) is 66.7 Å². The van der Waals surface area contributed by atoms with E-state index < -0.39 is 0 Å². The van der Waals surface area contributed by atoms with Gasteiger partial charge in [-0.2, -0.15) is 0 Å². The quantitative estimate of drug-likeness (QED) is 0.253. The third kappa shape index (κ3) is 3.58. The van der Waals surface area contributed by atoms with Crippen LogP contribution in [0.3, 0.4) is 0 Å². The van der Waals surface area contributed by atoms with E-state index in [0.717, 1.165) is 44.9 Å². The first-order chi connectivity index (χ1) is 11.6. The van der Waals surface area contributed by atoms with Gasteiger partial charge >= 0.3 is 29.6 Å². The first kappa shape index (κ1) is 20.1. The molecule has 0 bridgehead atoms. The molecule has 3 aliphatic rings. The topological polar surface area (TPSA) is 71.0 Å². The number of fused-ring (bicyclic) bond motifs is 5. The van der Waals surface area contributed by atoms with Crippen LogP contribution in [0.25, 0.3) is 0 Å². The van der Waals surface area contributed by atoms with Gasteiger partial charge in [0.2, 0.25) is 0 Å². The summed E-state index contributed by atoms with van der Waals surface area (Å²) < 4.78 is 9.66. The van der Waals surface area contributed by atoms with Crippen LogP contribution < -0.4 is 34.8 Å². The Bertz CT molecular complexity index is 628. The zero-order valence-electron chi connectivity index (χ0n) is 14.8. The minimum absolute atomic E-state index is 0. The predicted octanol–water partition coefficient (Wildman–Crippen LogP) is -0.458. The van der Waals surface area contributed by atoms with Gasteiger partial charge in [0, 0.05) is 11.8 Å². The number of hydrogen-bond acceptors (Lipinski definition) is 6. The molecule has 0 heterocycles. The maximum atomic E-state index is 10.4. The third-order valence-corrected chi connectivity index (χ3v) is 7.00. The summed E-state index contributed by atoms with van der Waals surface area (Å²) in [5, 5.41) is 23.6. The molecule has 0 spiro atoms. The Morgan fingerprint density at radius 1 is 1.20 bits per heavy atom. The van der Waals surface area contributed by atoms with Crippen molar-refractivity contribution in [3.63, 3.8) is 0 Å². The van der Waals surface area contributed by atoms with Crippen LogP contribution >= 0.6 is 12.3 Å². The number of rotatable bonds is 4. The summed E-state index contributed by atoms with van der Waals surface area (Å²) in [5.41, 5.74) is 5.87. The fourth-order valence-corrected chi connectivity index (χ4v) is 5.49. The van der Waals surface area contributed by atoms with Crippen LogP contribution in [0.4, 0.5) is 0 Å². The van der Waals surface area contributed by atoms with E-state index in [2.05, 4.69) is 28.4 Å². The maximum absolute atomic E-state index is 10.4. The van der Waals surface area contributed by atoms with Crippen LogP contribution in [0.15, 0.2) is 12.1 Å². The SMILES string of the molecule is CC12CCc3c(ccc4c3CC[C@H](OSOO[O-])C4)C1CC[C@H]2O.[Na+]. The molecular formula is C18H23NaO5S. The summed E-state index contributed by atoms with van der Waals surface area (Å²) >= 11 is 0.613. The minimum Gasteiger partial charge on any atom is -0.691 e. The molecule has 1 aromatic carbocycles. The molecule has 3 aliphatic carbocycles. The molecule has 1 aromatic rings. The molecule has 1 saturated carbocycles. The van der Waals surface area contributed by atoms with Gasteiger partial charge in [-0.3, -0.25) is 9.22 Å². The average Bonchev–Trinajstić information content (AvgIpc) is 2.90. The second-order valence-corrected chi connectivity index (χ2v) is 8.05. The van der Waals surface area contributed by atoms with Crippen LogP contribution in [0.1, 0.15) is 60.8 Å². The van der Waals surface area contributed by atoms with Crippen LogP contribution in [-0.2, 0) is 32.8 Å². The fourth-order valence-electron chi connectivity index (χ4n) is 5.16. The molecule has 0 saturated heterocycles. The molecule has 25 heavy (non-hydrogen) atoms. The first-order valence-electron chi connectivity index (χ1n) is 8.73. The van der Waals surface area contributed by atoms with E-state index in [0.29, 0.717) is 18.2 Å². The van der Waals surface area contributed by atoms with Crippen molar-refractivity contribution in [1.29, 1.82) is 0 Å². The van der Waals surface area contributed by atoms with Crippen LogP contribution in [0.2, 0.25) is 0 Å². The number of hydrogen-bond donors (Lipinski definition) is 1. The Hall–Kier alpha value is 0.370. The largest absolute Gasteiger partial charge is 1.00 e. The van der Waals surface area contributed by atoms with Crippen molar-refractivity contribution >= 4 is 12.3 Å². The van der Waals surface area contributed by atoms with E-state index in [1.165, 1.54) is 22.3 Å². The van der Waals surface area contributed by atoms with Crippen LogP contribution in [0, 0.1) is 5.41 Å². The van der Waals surface area contributed by atoms with Crippen molar-refractivity contribution in [2.75, 3.05) is 0 Å². The van der Waals surface area contributed by atoms with E-state index in [1.54, 1.807) is 0 Å². The van der Waals surface area contributed by atoms with Gasteiger partial charge in [0.15, 0.2) is 12.3 Å². The summed E-state index contributed by atoms with van der Waals surface area (Å²) in [6.07, 6.45) is 6.79. The Labute approximate surface area is 175 Å².